The molecular formula is C20H25ClN4O2. The predicted molar refractivity (Wildman–Crippen MR) is 106 cm³/mol. The molecule has 27 heavy (non-hydrogen) atoms. The second kappa shape index (κ2) is 7.72. The van der Waals surface area contributed by atoms with Gasteiger partial charge in [-0.05, 0) is 37.6 Å². The van der Waals surface area contributed by atoms with Gasteiger partial charge >= 0.3 is 0 Å². The zero-order chi connectivity index (χ0) is 19.6. The highest BCUT2D eigenvalue weighted by Crippen LogP contribution is 2.22. The van der Waals surface area contributed by atoms with Gasteiger partial charge in [-0.2, -0.15) is 4.98 Å². The number of hydrogen-bond acceptors (Lipinski definition) is 4. The number of halogens is 1. The van der Waals surface area contributed by atoms with Crippen LogP contribution in [0.3, 0.4) is 0 Å². The van der Waals surface area contributed by atoms with Crippen molar-refractivity contribution in [2.24, 2.45) is 0 Å². The number of benzene rings is 1. The lowest BCUT2D eigenvalue weighted by atomic mass is 9.96. The zero-order valence-corrected chi connectivity index (χ0v) is 16.9. The van der Waals surface area contributed by atoms with Gasteiger partial charge in [0.15, 0.2) is 5.82 Å². The lowest BCUT2D eigenvalue weighted by Crippen LogP contribution is -2.27. The summed E-state index contributed by atoms with van der Waals surface area (Å²) < 4.78 is 7.42. The largest absolute Gasteiger partial charge is 0.347 e. The van der Waals surface area contributed by atoms with E-state index in [1.165, 1.54) is 0 Å². The van der Waals surface area contributed by atoms with Crippen LogP contribution < -0.4 is 5.32 Å². The van der Waals surface area contributed by atoms with E-state index < -0.39 is 0 Å². The Morgan fingerprint density at radius 2 is 2.11 bits per heavy atom. The Kier molecular flexibility index (Phi) is 5.56. The Bertz CT molecular complexity index is 939. The maximum Gasteiger partial charge on any atom is 0.248 e. The monoisotopic (exact) mass is 388 g/mol. The van der Waals surface area contributed by atoms with Crippen molar-refractivity contribution in [3.8, 4) is 0 Å². The van der Waals surface area contributed by atoms with E-state index in [2.05, 4.69) is 20.0 Å². The molecule has 0 bridgehead atoms. The molecule has 0 radical (unpaired) electrons. The molecule has 0 aliphatic carbocycles. The van der Waals surface area contributed by atoms with Crippen LogP contribution in [0.15, 0.2) is 35.0 Å². The van der Waals surface area contributed by atoms with Gasteiger partial charge in [-0.3, -0.25) is 4.79 Å². The Morgan fingerprint density at radius 1 is 1.33 bits per heavy atom. The second-order valence-corrected chi connectivity index (χ2v) is 8.25. The second-order valence-electron chi connectivity index (χ2n) is 7.81. The molecule has 1 aromatic carbocycles. The third-order valence-electron chi connectivity index (χ3n) is 4.40. The van der Waals surface area contributed by atoms with Gasteiger partial charge in [0.25, 0.3) is 0 Å². The summed E-state index contributed by atoms with van der Waals surface area (Å²) in [4.78, 5) is 16.6. The summed E-state index contributed by atoms with van der Waals surface area (Å²) in [5, 5.41) is 8.75. The summed E-state index contributed by atoms with van der Waals surface area (Å²) in [6, 6.07) is 7.55. The van der Waals surface area contributed by atoms with Crippen molar-refractivity contribution in [1.82, 2.24) is 20.0 Å². The molecular weight excluding hydrogens is 364 g/mol. The van der Waals surface area contributed by atoms with Crippen molar-refractivity contribution in [1.29, 1.82) is 0 Å². The minimum absolute atomic E-state index is 0.0301. The molecule has 0 aliphatic heterocycles. The van der Waals surface area contributed by atoms with E-state index in [0.29, 0.717) is 18.1 Å². The molecule has 2 aromatic heterocycles. The van der Waals surface area contributed by atoms with Crippen molar-refractivity contribution in [2.45, 2.75) is 58.5 Å². The lowest BCUT2D eigenvalue weighted by Gasteiger charge is -2.12. The van der Waals surface area contributed by atoms with E-state index in [1.807, 2.05) is 58.2 Å². The minimum atomic E-state index is -0.310. The number of nitrogens with zero attached hydrogens (tertiary/aromatic N) is 3. The third kappa shape index (κ3) is 4.69. The minimum Gasteiger partial charge on any atom is -0.347 e. The first-order valence-corrected chi connectivity index (χ1v) is 9.49. The summed E-state index contributed by atoms with van der Waals surface area (Å²) in [5.74, 6) is 1.04. The molecule has 1 N–H and O–H groups in total. The first-order valence-electron chi connectivity index (χ1n) is 9.12. The fourth-order valence-electron chi connectivity index (χ4n) is 2.87. The van der Waals surface area contributed by atoms with Crippen LogP contribution in [0.1, 0.15) is 58.3 Å². The van der Waals surface area contributed by atoms with E-state index in [9.17, 15) is 4.79 Å². The van der Waals surface area contributed by atoms with Crippen molar-refractivity contribution in [2.75, 3.05) is 0 Å². The molecule has 6 nitrogen and oxygen atoms in total. The van der Waals surface area contributed by atoms with Gasteiger partial charge in [-0.25, -0.2) is 0 Å². The zero-order valence-electron chi connectivity index (χ0n) is 16.1. The third-order valence-corrected chi connectivity index (χ3v) is 4.63. The Hall–Kier alpha value is -2.34. The van der Waals surface area contributed by atoms with E-state index in [1.54, 1.807) is 0 Å². The van der Waals surface area contributed by atoms with Crippen LogP contribution in [0.25, 0.3) is 10.9 Å². The fourth-order valence-corrected chi connectivity index (χ4v) is 3.05. The van der Waals surface area contributed by atoms with E-state index >= 15 is 0 Å². The van der Waals surface area contributed by atoms with Crippen molar-refractivity contribution >= 4 is 28.4 Å². The maximum atomic E-state index is 12.2. The van der Waals surface area contributed by atoms with Crippen molar-refractivity contribution in [3.05, 3.63) is 47.2 Å². The van der Waals surface area contributed by atoms with Crippen LogP contribution in [0.5, 0.6) is 0 Å². The predicted octanol–water partition coefficient (Wildman–Crippen LogP) is 4.63. The summed E-state index contributed by atoms with van der Waals surface area (Å²) in [6.07, 6.45) is 3.19. The highest BCUT2D eigenvalue weighted by Gasteiger charge is 2.23. The molecule has 7 heteroatoms. The molecule has 0 spiro atoms. The molecule has 3 aromatic rings. The van der Waals surface area contributed by atoms with E-state index in [-0.39, 0.29) is 17.4 Å². The van der Waals surface area contributed by atoms with Crippen LogP contribution in [-0.2, 0) is 16.8 Å². The number of fused-ring (bicyclic) bond motifs is 1. The smallest absolute Gasteiger partial charge is 0.248 e. The molecule has 3 rings (SSSR count). The Balaban J connectivity index is 1.51. The van der Waals surface area contributed by atoms with Crippen LogP contribution in [-0.4, -0.2) is 20.6 Å². The molecule has 0 saturated heterocycles. The van der Waals surface area contributed by atoms with Crippen LogP contribution in [0.4, 0.5) is 0 Å². The maximum absolute atomic E-state index is 12.2. The molecule has 0 unspecified atom stereocenters. The van der Waals surface area contributed by atoms with Gasteiger partial charge in [0, 0.05) is 40.5 Å². The summed E-state index contributed by atoms with van der Waals surface area (Å²) in [7, 11) is 0. The Labute approximate surface area is 163 Å². The standard InChI is InChI=1S/C20H25ClN4O2/c1-13(18-23-19(24-27-18)20(2,3)4)22-17(26)6-5-10-25-11-9-14-12-15(21)7-8-16(14)25/h7-9,11-13H,5-6,10H2,1-4H3,(H,22,26)/t13-/m0/s1. The number of aromatic nitrogens is 3. The average Bonchev–Trinajstić information content (AvgIpc) is 3.21. The first-order chi connectivity index (χ1) is 12.7. The highest BCUT2D eigenvalue weighted by molar-refractivity contribution is 6.31. The lowest BCUT2D eigenvalue weighted by molar-refractivity contribution is -0.122. The van der Waals surface area contributed by atoms with E-state index in [4.69, 9.17) is 16.1 Å². The number of rotatable bonds is 6. The molecule has 1 amide bonds. The number of hydrogen-bond donors (Lipinski definition) is 1. The average molecular weight is 389 g/mol. The Morgan fingerprint density at radius 3 is 2.81 bits per heavy atom. The number of aryl methyl sites for hydroxylation is 1. The summed E-state index contributed by atoms with van der Waals surface area (Å²) in [6.45, 7) is 8.67. The topological polar surface area (TPSA) is 73.0 Å². The first kappa shape index (κ1) is 19.4. The van der Waals surface area contributed by atoms with Gasteiger partial charge in [0.05, 0.1) is 0 Å². The molecule has 144 valence electrons. The van der Waals surface area contributed by atoms with E-state index in [0.717, 1.165) is 28.9 Å². The number of nitrogens with one attached hydrogen (secondary N) is 1. The molecule has 0 saturated carbocycles. The highest BCUT2D eigenvalue weighted by atomic mass is 35.5. The van der Waals surface area contributed by atoms with Crippen molar-refractivity contribution < 1.29 is 9.32 Å². The number of carbonyl (C=O) groups is 1. The van der Waals surface area contributed by atoms with Crippen LogP contribution in [0.2, 0.25) is 5.02 Å². The molecule has 0 aliphatic rings. The molecule has 0 fully saturated rings. The normalized spacial score (nSPS) is 13.1. The van der Waals surface area contributed by atoms with Gasteiger partial charge in [0.2, 0.25) is 11.8 Å². The van der Waals surface area contributed by atoms with Gasteiger partial charge in [-0.1, -0.05) is 37.5 Å². The van der Waals surface area contributed by atoms with Crippen LogP contribution >= 0.6 is 11.6 Å². The number of amides is 1. The quantitative estimate of drug-likeness (QED) is 0.668. The van der Waals surface area contributed by atoms with Crippen LogP contribution in [0, 0.1) is 0 Å². The summed E-state index contributed by atoms with van der Waals surface area (Å²) >= 11 is 6.02. The molecule has 1 atom stereocenters. The van der Waals surface area contributed by atoms with Gasteiger partial charge in [0.1, 0.15) is 6.04 Å². The fraction of sp³-hybridized carbons (Fsp3) is 0.450. The van der Waals surface area contributed by atoms with Gasteiger partial charge < -0.3 is 14.4 Å². The van der Waals surface area contributed by atoms with Crippen molar-refractivity contribution in [3.63, 3.8) is 0 Å². The van der Waals surface area contributed by atoms with Gasteiger partial charge in [-0.15, -0.1) is 0 Å². The summed E-state index contributed by atoms with van der Waals surface area (Å²) in [5.41, 5.74) is 0.934. The SMILES string of the molecule is C[C@H](NC(=O)CCCn1ccc2cc(Cl)ccc21)c1nc(C(C)(C)C)no1. The number of carbonyl (C=O) groups excluding carboxylic acids is 1. The molecule has 2 heterocycles.